The van der Waals surface area contributed by atoms with Crippen LogP contribution >= 0.6 is 0 Å². The van der Waals surface area contributed by atoms with Crippen molar-refractivity contribution < 1.29 is 4.79 Å². The van der Waals surface area contributed by atoms with Gasteiger partial charge in [-0.1, -0.05) is 27.7 Å². The summed E-state index contributed by atoms with van der Waals surface area (Å²) in [7, 11) is 0. The number of amides is 1. The van der Waals surface area contributed by atoms with Crippen LogP contribution in [0.2, 0.25) is 0 Å². The van der Waals surface area contributed by atoms with Crippen LogP contribution in [0.5, 0.6) is 0 Å². The second kappa shape index (κ2) is 7.98. The Bertz CT molecular complexity index is 471. The maximum Gasteiger partial charge on any atom is 0.251 e. The molecule has 0 aliphatic heterocycles. The third-order valence-corrected chi connectivity index (χ3v) is 3.40. The number of nitrogens with one attached hydrogen (secondary N) is 2. The minimum Gasteiger partial charge on any atom is -0.350 e. The van der Waals surface area contributed by atoms with Crippen molar-refractivity contribution in [2.75, 3.05) is 5.43 Å². The average Bonchev–Trinajstić information content (AvgIpc) is 2.44. The molecule has 0 aromatic carbocycles. The molecule has 0 saturated carbocycles. The lowest BCUT2D eigenvalue weighted by Gasteiger charge is -2.16. The van der Waals surface area contributed by atoms with Crippen LogP contribution in [-0.4, -0.2) is 16.9 Å². The molecule has 0 fully saturated rings. The lowest BCUT2D eigenvalue weighted by Crippen LogP contribution is -2.33. The fourth-order valence-electron chi connectivity index (χ4n) is 2.02. The SMILES string of the molecule is CC(C)CCC(C)NC(=O)c1cc(NN)nc(C(C)C)c1. The summed E-state index contributed by atoms with van der Waals surface area (Å²) >= 11 is 0. The predicted octanol–water partition coefficient (Wildman–Crippen LogP) is 3.05. The molecule has 0 bridgehead atoms. The Hall–Kier alpha value is -1.62. The van der Waals surface area contributed by atoms with E-state index in [0.29, 0.717) is 17.3 Å². The van der Waals surface area contributed by atoms with Crippen LogP contribution in [-0.2, 0) is 0 Å². The van der Waals surface area contributed by atoms with Gasteiger partial charge in [-0.3, -0.25) is 4.79 Å². The quantitative estimate of drug-likeness (QED) is 0.533. The van der Waals surface area contributed by atoms with E-state index in [0.717, 1.165) is 18.5 Å². The molecule has 1 amide bonds. The number of hydrogen-bond donors (Lipinski definition) is 3. The summed E-state index contributed by atoms with van der Waals surface area (Å²) in [4.78, 5) is 16.7. The van der Waals surface area contributed by atoms with E-state index in [9.17, 15) is 4.79 Å². The Kier molecular flexibility index (Phi) is 6.62. The highest BCUT2D eigenvalue weighted by Crippen LogP contribution is 2.17. The van der Waals surface area contributed by atoms with E-state index in [1.807, 2.05) is 26.8 Å². The minimum atomic E-state index is -0.0768. The highest BCUT2D eigenvalue weighted by Gasteiger charge is 2.14. The van der Waals surface area contributed by atoms with Gasteiger partial charge in [-0.2, -0.15) is 0 Å². The first-order chi connectivity index (χ1) is 9.83. The first-order valence-electron chi connectivity index (χ1n) is 7.63. The summed E-state index contributed by atoms with van der Waals surface area (Å²) in [6.45, 7) is 10.5. The number of hydrogen-bond acceptors (Lipinski definition) is 4. The molecule has 1 aromatic heterocycles. The number of carbonyl (C=O) groups excluding carboxylic acids is 1. The maximum absolute atomic E-state index is 12.3. The zero-order valence-corrected chi connectivity index (χ0v) is 13.7. The lowest BCUT2D eigenvalue weighted by molar-refractivity contribution is 0.0937. The summed E-state index contributed by atoms with van der Waals surface area (Å²) in [6, 6.07) is 3.66. The number of aromatic nitrogens is 1. The van der Waals surface area contributed by atoms with Gasteiger partial charge in [0.1, 0.15) is 5.82 Å². The molecule has 0 aliphatic rings. The van der Waals surface area contributed by atoms with Gasteiger partial charge in [-0.05, 0) is 43.7 Å². The van der Waals surface area contributed by atoms with Crippen LogP contribution < -0.4 is 16.6 Å². The summed E-state index contributed by atoms with van der Waals surface area (Å²) in [5.41, 5.74) is 3.97. The molecule has 118 valence electrons. The van der Waals surface area contributed by atoms with E-state index in [1.54, 1.807) is 6.07 Å². The molecule has 1 unspecified atom stereocenters. The molecular formula is C16H28N4O. The van der Waals surface area contributed by atoms with Crippen LogP contribution in [0.4, 0.5) is 5.82 Å². The predicted molar refractivity (Wildman–Crippen MR) is 87.1 cm³/mol. The van der Waals surface area contributed by atoms with Crippen LogP contribution in [0.1, 0.15) is 69.4 Å². The molecule has 21 heavy (non-hydrogen) atoms. The number of nitrogens with zero attached hydrogens (tertiary/aromatic N) is 1. The number of carbonyl (C=O) groups is 1. The Morgan fingerprint density at radius 2 is 1.86 bits per heavy atom. The molecule has 0 spiro atoms. The second-order valence-corrected chi connectivity index (χ2v) is 6.31. The van der Waals surface area contributed by atoms with Crippen molar-refractivity contribution in [3.05, 3.63) is 23.4 Å². The van der Waals surface area contributed by atoms with Gasteiger partial charge in [0.2, 0.25) is 0 Å². The van der Waals surface area contributed by atoms with E-state index in [1.165, 1.54) is 0 Å². The summed E-state index contributed by atoms with van der Waals surface area (Å²) in [5.74, 6) is 6.75. The molecule has 0 radical (unpaired) electrons. The maximum atomic E-state index is 12.3. The van der Waals surface area contributed by atoms with Crippen molar-refractivity contribution >= 4 is 11.7 Å². The van der Waals surface area contributed by atoms with E-state index in [4.69, 9.17) is 5.84 Å². The van der Waals surface area contributed by atoms with Crippen LogP contribution in [0.25, 0.3) is 0 Å². The van der Waals surface area contributed by atoms with Gasteiger partial charge in [-0.15, -0.1) is 0 Å². The first-order valence-corrected chi connectivity index (χ1v) is 7.63. The van der Waals surface area contributed by atoms with Gasteiger partial charge in [0, 0.05) is 17.3 Å². The lowest BCUT2D eigenvalue weighted by atomic mass is 10.0. The monoisotopic (exact) mass is 292 g/mol. The highest BCUT2D eigenvalue weighted by atomic mass is 16.1. The summed E-state index contributed by atoms with van der Waals surface area (Å²) in [5, 5.41) is 3.03. The average molecular weight is 292 g/mol. The Morgan fingerprint density at radius 3 is 2.38 bits per heavy atom. The summed E-state index contributed by atoms with van der Waals surface area (Å²) < 4.78 is 0. The van der Waals surface area contributed by atoms with E-state index in [2.05, 4.69) is 29.6 Å². The minimum absolute atomic E-state index is 0.0768. The van der Waals surface area contributed by atoms with Gasteiger partial charge < -0.3 is 10.7 Å². The highest BCUT2D eigenvalue weighted by molar-refractivity contribution is 5.95. The molecule has 0 aliphatic carbocycles. The topological polar surface area (TPSA) is 80.0 Å². The number of nitrogen functional groups attached to an aromatic ring is 1. The second-order valence-electron chi connectivity index (χ2n) is 6.31. The number of nitrogens with two attached hydrogens (primary N) is 1. The van der Waals surface area contributed by atoms with Gasteiger partial charge >= 0.3 is 0 Å². The Balaban J connectivity index is 2.79. The molecule has 0 saturated heterocycles. The number of anilines is 1. The molecule has 1 atom stereocenters. The van der Waals surface area contributed by atoms with Crippen LogP contribution in [0, 0.1) is 5.92 Å². The van der Waals surface area contributed by atoms with Crippen molar-refractivity contribution in [3.63, 3.8) is 0 Å². The third-order valence-electron chi connectivity index (χ3n) is 3.40. The Morgan fingerprint density at radius 1 is 1.19 bits per heavy atom. The molecule has 5 nitrogen and oxygen atoms in total. The number of rotatable bonds is 7. The molecular weight excluding hydrogens is 264 g/mol. The molecule has 1 rings (SSSR count). The van der Waals surface area contributed by atoms with Crippen molar-refractivity contribution in [2.45, 2.75) is 59.4 Å². The fraction of sp³-hybridized carbons (Fsp3) is 0.625. The smallest absolute Gasteiger partial charge is 0.251 e. The van der Waals surface area contributed by atoms with E-state index >= 15 is 0 Å². The van der Waals surface area contributed by atoms with Gasteiger partial charge in [0.15, 0.2) is 0 Å². The van der Waals surface area contributed by atoms with Crippen LogP contribution in [0.15, 0.2) is 12.1 Å². The van der Waals surface area contributed by atoms with Crippen molar-refractivity contribution in [1.29, 1.82) is 0 Å². The van der Waals surface area contributed by atoms with Gasteiger partial charge in [0.25, 0.3) is 5.91 Å². The van der Waals surface area contributed by atoms with E-state index < -0.39 is 0 Å². The Labute approximate surface area is 127 Å². The summed E-state index contributed by atoms with van der Waals surface area (Å²) in [6.07, 6.45) is 2.08. The normalized spacial score (nSPS) is 12.6. The van der Waals surface area contributed by atoms with Crippen molar-refractivity contribution in [3.8, 4) is 0 Å². The standard InChI is InChI=1S/C16H28N4O/c1-10(2)6-7-12(5)18-16(21)13-8-14(11(3)4)19-15(9-13)20-17/h8-12H,6-7,17H2,1-5H3,(H,18,21)(H,19,20). The van der Waals surface area contributed by atoms with Gasteiger partial charge in [0.05, 0.1) is 0 Å². The zero-order valence-electron chi connectivity index (χ0n) is 13.7. The van der Waals surface area contributed by atoms with Crippen LogP contribution in [0.3, 0.4) is 0 Å². The molecule has 5 heteroatoms. The zero-order chi connectivity index (χ0) is 16.0. The molecule has 1 heterocycles. The number of hydrazine groups is 1. The third kappa shape index (κ3) is 5.71. The number of pyridine rings is 1. The van der Waals surface area contributed by atoms with Gasteiger partial charge in [-0.25, -0.2) is 10.8 Å². The van der Waals surface area contributed by atoms with E-state index in [-0.39, 0.29) is 17.9 Å². The van der Waals surface area contributed by atoms with Crippen molar-refractivity contribution in [1.82, 2.24) is 10.3 Å². The molecule has 1 aromatic rings. The fourth-order valence-corrected chi connectivity index (χ4v) is 2.02. The largest absolute Gasteiger partial charge is 0.350 e. The molecule has 4 N–H and O–H groups in total. The first kappa shape index (κ1) is 17.4. The van der Waals surface area contributed by atoms with Crippen molar-refractivity contribution in [2.24, 2.45) is 11.8 Å².